The minimum atomic E-state index is 0.109. The average Bonchev–Trinajstić information content (AvgIpc) is 2.11. The summed E-state index contributed by atoms with van der Waals surface area (Å²) in [5.74, 6) is 0.109. The fourth-order valence-corrected chi connectivity index (χ4v) is 1.36. The van der Waals surface area contributed by atoms with Crippen LogP contribution in [-0.4, -0.2) is 5.78 Å². The van der Waals surface area contributed by atoms with E-state index < -0.39 is 0 Å². The molecule has 0 saturated heterocycles. The Morgan fingerprint density at radius 3 is 2.67 bits per heavy atom. The monoisotopic (exact) mass is 160 g/mol. The number of ketones is 1. The molecule has 62 valence electrons. The number of Topliss-reactive ketones (excluding diaryl/α,β-unsaturated/α-hetero) is 1. The molecular weight excluding hydrogens is 148 g/mol. The smallest absolute Gasteiger partial charge is 0.160 e. The number of carbonyl (C=O) groups is 1. The maximum absolute atomic E-state index is 11.2. The van der Waals surface area contributed by atoms with Gasteiger partial charge < -0.3 is 0 Å². The van der Waals surface area contributed by atoms with E-state index in [-0.39, 0.29) is 5.78 Å². The molecule has 0 heterocycles. The van der Waals surface area contributed by atoms with E-state index in [0.717, 1.165) is 16.7 Å². The van der Waals surface area contributed by atoms with Gasteiger partial charge in [-0.05, 0) is 32.4 Å². The third kappa shape index (κ3) is 1.63. The molecule has 0 fully saturated rings. The Kier molecular flexibility index (Phi) is 2.47. The Bertz CT molecular complexity index is 334. The van der Waals surface area contributed by atoms with Crippen molar-refractivity contribution >= 4 is 5.78 Å². The van der Waals surface area contributed by atoms with Gasteiger partial charge >= 0.3 is 0 Å². The van der Waals surface area contributed by atoms with Crippen molar-refractivity contribution in [3.8, 4) is 0 Å². The Labute approximate surface area is 72.8 Å². The predicted molar refractivity (Wildman–Crippen MR) is 49.8 cm³/mol. The van der Waals surface area contributed by atoms with Crippen molar-refractivity contribution < 1.29 is 4.79 Å². The Morgan fingerprint density at radius 1 is 1.42 bits per heavy atom. The molecule has 0 radical (unpaired) electrons. The lowest BCUT2D eigenvalue weighted by Gasteiger charge is -2.03. The van der Waals surface area contributed by atoms with Crippen LogP contribution in [0.4, 0.5) is 0 Å². The average molecular weight is 160 g/mol. The van der Waals surface area contributed by atoms with E-state index in [4.69, 9.17) is 0 Å². The summed E-state index contributed by atoms with van der Waals surface area (Å²) in [6.07, 6.45) is 5.66. The minimum absolute atomic E-state index is 0.109. The molecule has 0 aromatic carbocycles. The first kappa shape index (κ1) is 8.76. The Hall–Kier alpha value is -1.33. The number of hydrogen-bond donors (Lipinski definition) is 0. The van der Waals surface area contributed by atoms with Crippen molar-refractivity contribution in [2.24, 2.45) is 0 Å². The number of allylic oxidation sites excluding steroid dienone is 5. The first-order valence-electron chi connectivity index (χ1n) is 3.95. The molecule has 1 heteroatoms. The molecule has 0 bridgehead atoms. The van der Waals surface area contributed by atoms with Crippen LogP contribution in [0.2, 0.25) is 0 Å². The van der Waals surface area contributed by atoms with Gasteiger partial charge in [-0.1, -0.05) is 12.2 Å². The summed E-state index contributed by atoms with van der Waals surface area (Å²) in [7, 11) is 0. The van der Waals surface area contributed by atoms with E-state index in [1.807, 2.05) is 32.1 Å². The standard InChI is InChI=1S/C11H12O/c1-8-6-4-5-7-9(2)11(8)10(3)12/h4-6H,1-3H3. The second-order valence-electron chi connectivity index (χ2n) is 2.91. The molecule has 0 aromatic rings. The van der Waals surface area contributed by atoms with Gasteiger partial charge in [0.2, 0.25) is 0 Å². The van der Waals surface area contributed by atoms with Crippen LogP contribution in [-0.2, 0) is 4.79 Å². The van der Waals surface area contributed by atoms with Crippen LogP contribution in [0, 0.1) is 0 Å². The molecule has 0 N–H and O–H groups in total. The highest BCUT2D eigenvalue weighted by atomic mass is 16.1. The minimum Gasteiger partial charge on any atom is -0.294 e. The van der Waals surface area contributed by atoms with Gasteiger partial charge in [-0.2, -0.15) is 0 Å². The predicted octanol–water partition coefficient (Wildman–Crippen LogP) is 2.56. The van der Waals surface area contributed by atoms with Crippen molar-refractivity contribution in [2.75, 3.05) is 0 Å². The van der Waals surface area contributed by atoms with E-state index in [1.54, 1.807) is 6.92 Å². The van der Waals surface area contributed by atoms with Gasteiger partial charge in [0.05, 0.1) is 0 Å². The number of hydrogen-bond acceptors (Lipinski definition) is 1. The van der Waals surface area contributed by atoms with E-state index in [9.17, 15) is 4.79 Å². The summed E-state index contributed by atoms with van der Waals surface area (Å²) in [6.45, 7) is 5.44. The zero-order chi connectivity index (χ0) is 9.14. The summed E-state index contributed by atoms with van der Waals surface area (Å²) < 4.78 is 0. The summed E-state index contributed by atoms with van der Waals surface area (Å²) in [4.78, 5) is 11.2. The van der Waals surface area contributed by atoms with Gasteiger partial charge in [-0.3, -0.25) is 4.79 Å². The van der Waals surface area contributed by atoms with Crippen molar-refractivity contribution in [2.45, 2.75) is 20.8 Å². The van der Waals surface area contributed by atoms with Crippen LogP contribution in [0.1, 0.15) is 20.8 Å². The highest BCUT2D eigenvalue weighted by Gasteiger charge is 2.08. The highest BCUT2D eigenvalue weighted by Crippen LogP contribution is 2.17. The topological polar surface area (TPSA) is 17.1 Å². The quantitative estimate of drug-likeness (QED) is 0.539. The van der Waals surface area contributed by atoms with Crippen LogP contribution in [0.3, 0.4) is 0 Å². The third-order valence-corrected chi connectivity index (χ3v) is 1.86. The molecule has 12 heavy (non-hydrogen) atoms. The van der Waals surface area contributed by atoms with Gasteiger partial charge in [0.25, 0.3) is 0 Å². The maximum Gasteiger partial charge on any atom is 0.160 e. The summed E-state index contributed by atoms with van der Waals surface area (Å²) in [5.41, 5.74) is 5.76. The van der Waals surface area contributed by atoms with Gasteiger partial charge in [0, 0.05) is 11.1 Å². The summed E-state index contributed by atoms with van der Waals surface area (Å²) in [6, 6.07) is 0. The lowest BCUT2D eigenvalue weighted by atomic mass is 10.00. The lowest BCUT2D eigenvalue weighted by molar-refractivity contribution is -0.113. The first-order chi connectivity index (χ1) is 5.63. The van der Waals surface area contributed by atoms with Crippen molar-refractivity contribution in [3.05, 3.63) is 40.7 Å². The molecule has 0 spiro atoms. The zero-order valence-electron chi connectivity index (χ0n) is 7.64. The van der Waals surface area contributed by atoms with Gasteiger partial charge in [-0.15, -0.1) is 5.73 Å². The van der Waals surface area contributed by atoms with Crippen molar-refractivity contribution in [1.29, 1.82) is 0 Å². The molecule has 0 aromatic heterocycles. The number of rotatable bonds is 1. The van der Waals surface area contributed by atoms with Crippen LogP contribution in [0.15, 0.2) is 40.7 Å². The molecule has 0 atom stereocenters. The molecule has 0 saturated carbocycles. The molecule has 0 unspecified atom stereocenters. The number of carbonyl (C=O) groups excluding carboxylic acids is 1. The van der Waals surface area contributed by atoms with E-state index >= 15 is 0 Å². The molecular formula is C11H12O. The fraction of sp³-hybridized carbons (Fsp3) is 0.273. The van der Waals surface area contributed by atoms with Crippen LogP contribution >= 0.6 is 0 Å². The molecule has 0 aliphatic heterocycles. The van der Waals surface area contributed by atoms with Crippen molar-refractivity contribution in [1.82, 2.24) is 0 Å². The van der Waals surface area contributed by atoms with Gasteiger partial charge in [-0.25, -0.2) is 0 Å². The third-order valence-electron chi connectivity index (χ3n) is 1.86. The Morgan fingerprint density at radius 2 is 2.08 bits per heavy atom. The maximum atomic E-state index is 11.2. The second-order valence-corrected chi connectivity index (χ2v) is 2.91. The van der Waals surface area contributed by atoms with Crippen LogP contribution in [0.5, 0.6) is 0 Å². The van der Waals surface area contributed by atoms with E-state index in [2.05, 4.69) is 5.73 Å². The van der Waals surface area contributed by atoms with Crippen LogP contribution < -0.4 is 0 Å². The summed E-state index contributed by atoms with van der Waals surface area (Å²) in [5, 5.41) is 0. The lowest BCUT2D eigenvalue weighted by Crippen LogP contribution is -1.99. The Balaban J connectivity index is 3.30. The molecule has 1 nitrogen and oxygen atoms in total. The SMILES string of the molecule is CC(=O)C1=C(C)C=CC=C=C1C. The van der Waals surface area contributed by atoms with E-state index in [1.165, 1.54) is 0 Å². The molecule has 1 aliphatic rings. The fourth-order valence-electron chi connectivity index (χ4n) is 1.36. The van der Waals surface area contributed by atoms with Crippen LogP contribution in [0.25, 0.3) is 0 Å². The zero-order valence-corrected chi connectivity index (χ0v) is 7.64. The van der Waals surface area contributed by atoms with E-state index in [0.29, 0.717) is 0 Å². The first-order valence-corrected chi connectivity index (χ1v) is 3.95. The van der Waals surface area contributed by atoms with Crippen molar-refractivity contribution in [3.63, 3.8) is 0 Å². The summed E-state index contributed by atoms with van der Waals surface area (Å²) >= 11 is 0. The van der Waals surface area contributed by atoms with Gasteiger partial charge in [0.1, 0.15) is 0 Å². The highest BCUT2D eigenvalue weighted by molar-refractivity contribution is 5.98. The largest absolute Gasteiger partial charge is 0.294 e. The van der Waals surface area contributed by atoms with Gasteiger partial charge in [0.15, 0.2) is 5.78 Å². The molecule has 1 rings (SSSR count). The second kappa shape index (κ2) is 3.38. The molecule has 1 aliphatic carbocycles. The molecule has 0 amide bonds. The normalized spacial score (nSPS) is 16.1.